The van der Waals surface area contributed by atoms with E-state index in [4.69, 9.17) is 11.6 Å². The van der Waals surface area contributed by atoms with Crippen molar-refractivity contribution in [2.45, 2.75) is 18.6 Å². The van der Waals surface area contributed by atoms with Crippen molar-refractivity contribution in [1.82, 2.24) is 20.2 Å². The Labute approximate surface area is 152 Å². The molecule has 2 heterocycles. The monoisotopic (exact) mass is 379 g/mol. The Morgan fingerprint density at radius 3 is 3.04 bits per heavy atom. The number of thioether (sulfide) groups is 1. The Balaban J connectivity index is 1.56. The Hall–Kier alpha value is -1.90. The van der Waals surface area contributed by atoms with Gasteiger partial charge in [0.25, 0.3) is 0 Å². The van der Waals surface area contributed by atoms with Gasteiger partial charge in [0.15, 0.2) is 0 Å². The van der Waals surface area contributed by atoms with E-state index in [0.29, 0.717) is 22.4 Å². The number of hydrogen-bond acceptors (Lipinski definition) is 6. The zero-order chi connectivity index (χ0) is 16.9. The topological polar surface area (TPSA) is 72.7 Å². The number of amides is 1. The molecule has 3 aromatic rings. The number of aryl methyl sites for hydroxylation is 1. The number of halogens is 1. The fourth-order valence-electron chi connectivity index (χ4n) is 1.95. The second-order valence-electron chi connectivity index (χ2n) is 5.00. The minimum atomic E-state index is -0.134. The van der Waals surface area contributed by atoms with Gasteiger partial charge in [0.1, 0.15) is 0 Å². The third kappa shape index (κ3) is 4.34. The lowest BCUT2D eigenvalue weighted by atomic mass is 10.2. The predicted octanol–water partition coefficient (Wildman–Crippen LogP) is 3.48. The fourth-order valence-corrected chi connectivity index (χ4v) is 3.49. The van der Waals surface area contributed by atoms with Gasteiger partial charge in [-0.3, -0.25) is 4.79 Å². The number of rotatable bonds is 6. The number of anilines is 1. The van der Waals surface area contributed by atoms with Crippen molar-refractivity contribution in [2.24, 2.45) is 0 Å². The van der Waals surface area contributed by atoms with Crippen LogP contribution in [0, 0.1) is 6.92 Å². The first-order valence-electron chi connectivity index (χ1n) is 7.09. The van der Waals surface area contributed by atoms with Crippen molar-refractivity contribution in [3.8, 4) is 0 Å². The van der Waals surface area contributed by atoms with E-state index in [1.807, 2.05) is 36.6 Å². The van der Waals surface area contributed by atoms with Crippen LogP contribution in [0.5, 0.6) is 0 Å². The van der Waals surface area contributed by atoms with E-state index in [0.717, 1.165) is 10.4 Å². The number of nitrogens with zero attached hydrogens (tertiary/aromatic N) is 4. The highest BCUT2D eigenvalue weighted by Gasteiger charge is 2.11. The molecule has 0 fully saturated rings. The highest BCUT2D eigenvalue weighted by atomic mass is 35.5. The molecule has 0 saturated carbocycles. The van der Waals surface area contributed by atoms with Gasteiger partial charge in [0.2, 0.25) is 11.1 Å². The molecule has 0 saturated heterocycles. The minimum Gasteiger partial charge on any atom is -0.325 e. The molecule has 0 aliphatic rings. The number of carbonyl (C=O) groups excluding carboxylic acids is 1. The van der Waals surface area contributed by atoms with Crippen molar-refractivity contribution in [2.75, 3.05) is 11.1 Å². The molecule has 0 radical (unpaired) electrons. The maximum atomic E-state index is 12.1. The number of benzene rings is 1. The lowest BCUT2D eigenvalue weighted by Gasteiger charge is -2.07. The molecule has 0 spiro atoms. The summed E-state index contributed by atoms with van der Waals surface area (Å²) < 4.78 is 1.69. The van der Waals surface area contributed by atoms with Gasteiger partial charge in [-0.2, -0.15) is 0 Å². The first kappa shape index (κ1) is 16.9. The molecule has 0 atom stereocenters. The van der Waals surface area contributed by atoms with E-state index >= 15 is 0 Å². The van der Waals surface area contributed by atoms with E-state index in [1.54, 1.807) is 22.1 Å². The Bertz CT molecular complexity index is 834. The van der Waals surface area contributed by atoms with Crippen molar-refractivity contribution in [3.05, 3.63) is 51.2 Å². The molecule has 3 rings (SSSR count). The minimum absolute atomic E-state index is 0.134. The molecule has 24 heavy (non-hydrogen) atoms. The van der Waals surface area contributed by atoms with Crippen molar-refractivity contribution < 1.29 is 4.79 Å². The van der Waals surface area contributed by atoms with Crippen LogP contribution in [0.4, 0.5) is 5.69 Å². The molecule has 0 unspecified atom stereocenters. The van der Waals surface area contributed by atoms with E-state index < -0.39 is 0 Å². The van der Waals surface area contributed by atoms with Crippen LogP contribution < -0.4 is 5.32 Å². The zero-order valence-electron chi connectivity index (χ0n) is 12.8. The van der Waals surface area contributed by atoms with E-state index in [-0.39, 0.29) is 11.7 Å². The largest absolute Gasteiger partial charge is 0.325 e. The summed E-state index contributed by atoms with van der Waals surface area (Å²) in [6.45, 7) is 2.51. The van der Waals surface area contributed by atoms with E-state index in [9.17, 15) is 4.79 Å². The summed E-state index contributed by atoms with van der Waals surface area (Å²) in [5, 5.41) is 17.7. The van der Waals surface area contributed by atoms with Crippen LogP contribution in [-0.2, 0) is 11.3 Å². The second-order valence-corrected chi connectivity index (χ2v) is 7.38. The van der Waals surface area contributed by atoms with Crippen LogP contribution in [-0.4, -0.2) is 31.9 Å². The number of aromatic nitrogens is 4. The lowest BCUT2D eigenvalue weighted by Crippen LogP contribution is -2.14. The standard InChI is InChI=1S/C15H14ClN5OS2/c1-10-4-5-11(7-13(10)16)17-14(22)9-24-15-18-19-20-21(15)8-12-3-2-6-23-12/h2-7H,8-9H2,1H3,(H,17,22). The van der Waals surface area contributed by atoms with Gasteiger partial charge in [-0.25, -0.2) is 4.68 Å². The van der Waals surface area contributed by atoms with Crippen LogP contribution in [0.3, 0.4) is 0 Å². The molecule has 6 nitrogen and oxygen atoms in total. The Morgan fingerprint density at radius 2 is 2.29 bits per heavy atom. The fraction of sp³-hybridized carbons (Fsp3) is 0.200. The van der Waals surface area contributed by atoms with Crippen LogP contribution in [0.25, 0.3) is 0 Å². The van der Waals surface area contributed by atoms with Gasteiger partial charge < -0.3 is 5.32 Å². The highest BCUT2D eigenvalue weighted by molar-refractivity contribution is 7.99. The van der Waals surface area contributed by atoms with Gasteiger partial charge in [-0.15, -0.1) is 16.4 Å². The van der Waals surface area contributed by atoms with Crippen LogP contribution in [0.1, 0.15) is 10.4 Å². The summed E-state index contributed by atoms with van der Waals surface area (Å²) in [5.41, 5.74) is 1.64. The maximum Gasteiger partial charge on any atom is 0.234 e. The predicted molar refractivity (Wildman–Crippen MR) is 96.8 cm³/mol. The quantitative estimate of drug-likeness (QED) is 0.664. The first-order valence-corrected chi connectivity index (χ1v) is 9.33. The van der Waals surface area contributed by atoms with Crippen molar-refractivity contribution >= 4 is 46.3 Å². The first-order chi connectivity index (χ1) is 11.6. The summed E-state index contributed by atoms with van der Waals surface area (Å²) >= 11 is 9.00. The van der Waals surface area contributed by atoms with E-state index in [1.165, 1.54) is 11.8 Å². The summed E-state index contributed by atoms with van der Waals surface area (Å²) in [4.78, 5) is 13.2. The molecule has 0 aliphatic carbocycles. The van der Waals surface area contributed by atoms with Gasteiger partial charge in [0.05, 0.1) is 12.3 Å². The van der Waals surface area contributed by atoms with Gasteiger partial charge in [0, 0.05) is 15.6 Å². The molecule has 0 bridgehead atoms. The number of hydrogen-bond donors (Lipinski definition) is 1. The average molecular weight is 380 g/mol. The maximum absolute atomic E-state index is 12.1. The summed E-state index contributed by atoms with van der Waals surface area (Å²) in [7, 11) is 0. The van der Waals surface area contributed by atoms with Crippen LogP contribution in [0.15, 0.2) is 40.9 Å². The number of nitrogens with one attached hydrogen (secondary N) is 1. The number of thiophene rings is 1. The summed E-state index contributed by atoms with van der Waals surface area (Å²) in [6.07, 6.45) is 0. The smallest absolute Gasteiger partial charge is 0.234 e. The lowest BCUT2D eigenvalue weighted by molar-refractivity contribution is -0.113. The SMILES string of the molecule is Cc1ccc(NC(=O)CSc2nnnn2Cc2cccs2)cc1Cl. The van der Waals surface area contributed by atoms with Crippen molar-refractivity contribution in [1.29, 1.82) is 0 Å². The molecular formula is C15H14ClN5OS2. The van der Waals surface area contributed by atoms with Gasteiger partial charge in [-0.05, 0) is 46.5 Å². The zero-order valence-corrected chi connectivity index (χ0v) is 15.2. The normalized spacial score (nSPS) is 10.8. The summed E-state index contributed by atoms with van der Waals surface area (Å²) in [6, 6.07) is 9.43. The molecular weight excluding hydrogens is 366 g/mol. The van der Waals surface area contributed by atoms with E-state index in [2.05, 4.69) is 20.8 Å². The van der Waals surface area contributed by atoms with Crippen LogP contribution >= 0.6 is 34.7 Å². The van der Waals surface area contributed by atoms with Gasteiger partial charge in [-0.1, -0.05) is 35.5 Å². The molecule has 9 heteroatoms. The Kier molecular flexibility index (Phi) is 5.49. The van der Waals surface area contributed by atoms with Gasteiger partial charge >= 0.3 is 0 Å². The number of carbonyl (C=O) groups is 1. The third-order valence-corrected chi connectivity index (χ3v) is 5.40. The molecule has 1 amide bonds. The van der Waals surface area contributed by atoms with Crippen LogP contribution in [0.2, 0.25) is 5.02 Å². The average Bonchev–Trinajstić information content (AvgIpc) is 3.21. The summed E-state index contributed by atoms with van der Waals surface area (Å²) in [5.74, 6) is 0.0849. The third-order valence-electron chi connectivity index (χ3n) is 3.17. The van der Waals surface area contributed by atoms with Crippen molar-refractivity contribution in [3.63, 3.8) is 0 Å². The molecule has 0 aliphatic heterocycles. The molecule has 2 aromatic heterocycles. The molecule has 1 N–H and O–H groups in total. The second kappa shape index (κ2) is 7.78. The molecule has 124 valence electrons. The highest BCUT2D eigenvalue weighted by Crippen LogP contribution is 2.21. The number of tetrazole rings is 1. The Morgan fingerprint density at radius 1 is 1.42 bits per heavy atom. The molecule has 1 aromatic carbocycles.